The zero-order chi connectivity index (χ0) is 47.1. The predicted octanol–water partition coefficient (Wildman–Crippen LogP) is 16.4. The molecule has 0 aliphatic carbocycles. The number of carbonyl (C=O) groups excluding carboxylic acids is 1. The van der Waals surface area contributed by atoms with E-state index >= 15 is 0 Å². The molecule has 0 radical (unpaired) electrons. The number of quaternary nitrogens is 1. The summed E-state index contributed by atoms with van der Waals surface area (Å²) in [5, 5.41) is 13.9. The number of unbranched alkanes of at least 4 members (excludes halogenated alkanes) is 36. The van der Waals surface area contributed by atoms with Crippen LogP contribution in [-0.2, 0) is 18.4 Å². The van der Waals surface area contributed by atoms with Crippen LogP contribution in [0.5, 0.6) is 0 Å². The Morgan fingerprint density at radius 2 is 0.859 bits per heavy atom. The van der Waals surface area contributed by atoms with Gasteiger partial charge in [0.1, 0.15) is 13.2 Å². The summed E-state index contributed by atoms with van der Waals surface area (Å²) in [7, 11) is 1.57. The van der Waals surface area contributed by atoms with Gasteiger partial charge in [0.2, 0.25) is 5.91 Å². The number of aliphatic hydroxyl groups is 1. The standard InChI is InChI=1S/C55H109N2O6P/c1-6-8-10-12-14-16-18-20-22-24-26-27-28-29-30-31-33-35-37-39-41-43-45-47-49-55(59)56-53(52-63-64(60,61)62-51-50-57(3,4)5)54(58)48-46-44-42-40-38-36-34-32-25-23-21-19-17-15-13-11-9-7-2/h38,40,46,48,53-54,58H,6-37,39,41-45,47,49-52H2,1-5H3,(H-,56,59,60,61)/p+1/b40-38+,48-46+. The molecule has 0 aliphatic rings. The van der Waals surface area contributed by atoms with Crippen molar-refractivity contribution in [3.8, 4) is 0 Å². The molecule has 3 atom stereocenters. The number of phosphoric ester groups is 1. The van der Waals surface area contributed by atoms with E-state index in [1.165, 1.54) is 212 Å². The van der Waals surface area contributed by atoms with Gasteiger partial charge in [-0.25, -0.2) is 4.57 Å². The van der Waals surface area contributed by atoms with Crippen molar-refractivity contribution < 1.29 is 32.9 Å². The Labute approximate surface area is 398 Å². The second-order valence-electron chi connectivity index (χ2n) is 20.3. The van der Waals surface area contributed by atoms with Crippen molar-refractivity contribution >= 4 is 13.7 Å². The van der Waals surface area contributed by atoms with Gasteiger partial charge in [0.05, 0.1) is 39.9 Å². The van der Waals surface area contributed by atoms with Crippen molar-refractivity contribution in [1.29, 1.82) is 0 Å². The number of allylic oxidation sites excluding steroid dienone is 3. The van der Waals surface area contributed by atoms with Gasteiger partial charge in [0.25, 0.3) is 0 Å². The van der Waals surface area contributed by atoms with Crippen LogP contribution in [0, 0.1) is 0 Å². The lowest BCUT2D eigenvalue weighted by atomic mass is 10.0. The minimum absolute atomic E-state index is 0.0587. The van der Waals surface area contributed by atoms with Crippen LogP contribution < -0.4 is 5.32 Å². The van der Waals surface area contributed by atoms with Crippen LogP contribution >= 0.6 is 7.82 Å². The Morgan fingerprint density at radius 3 is 1.25 bits per heavy atom. The fourth-order valence-corrected chi connectivity index (χ4v) is 9.03. The number of amides is 1. The molecule has 9 heteroatoms. The van der Waals surface area contributed by atoms with Crippen molar-refractivity contribution in [2.75, 3.05) is 40.9 Å². The lowest BCUT2D eigenvalue weighted by Gasteiger charge is -2.25. The van der Waals surface area contributed by atoms with Crippen LogP contribution in [0.4, 0.5) is 0 Å². The molecule has 0 aliphatic heterocycles. The van der Waals surface area contributed by atoms with Gasteiger partial charge in [0, 0.05) is 6.42 Å². The molecule has 3 unspecified atom stereocenters. The van der Waals surface area contributed by atoms with E-state index in [9.17, 15) is 19.4 Å². The third-order valence-corrected chi connectivity index (χ3v) is 13.7. The monoisotopic (exact) mass is 926 g/mol. The zero-order valence-corrected chi connectivity index (χ0v) is 44.2. The van der Waals surface area contributed by atoms with E-state index < -0.39 is 20.0 Å². The summed E-state index contributed by atoms with van der Waals surface area (Å²) >= 11 is 0. The number of likely N-dealkylation sites (N-methyl/N-ethyl adjacent to an activating group) is 1. The molecule has 0 aromatic carbocycles. The molecule has 0 heterocycles. The van der Waals surface area contributed by atoms with E-state index in [4.69, 9.17) is 9.05 Å². The average Bonchev–Trinajstić information content (AvgIpc) is 3.25. The highest BCUT2D eigenvalue weighted by Gasteiger charge is 2.27. The molecule has 0 fully saturated rings. The molecule has 380 valence electrons. The first-order valence-corrected chi connectivity index (χ1v) is 29.2. The quantitative estimate of drug-likeness (QED) is 0.0243. The first kappa shape index (κ1) is 63.0. The van der Waals surface area contributed by atoms with E-state index in [0.717, 1.165) is 38.5 Å². The highest BCUT2D eigenvalue weighted by Crippen LogP contribution is 2.43. The molecule has 0 rings (SSSR count). The number of hydrogen-bond acceptors (Lipinski definition) is 5. The summed E-state index contributed by atoms with van der Waals surface area (Å²) in [4.78, 5) is 23.3. The number of hydrogen-bond donors (Lipinski definition) is 3. The molecule has 0 aromatic rings. The lowest BCUT2D eigenvalue weighted by Crippen LogP contribution is -2.45. The van der Waals surface area contributed by atoms with Crippen LogP contribution in [-0.4, -0.2) is 73.4 Å². The molecular weight excluding hydrogens is 816 g/mol. The van der Waals surface area contributed by atoms with Crippen molar-refractivity contribution in [2.24, 2.45) is 0 Å². The Kier molecular flexibility index (Phi) is 46.3. The third-order valence-electron chi connectivity index (χ3n) is 12.7. The summed E-state index contributed by atoms with van der Waals surface area (Å²) in [6.07, 6.45) is 58.5. The van der Waals surface area contributed by atoms with Crippen molar-refractivity contribution in [3.05, 3.63) is 24.3 Å². The van der Waals surface area contributed by atoms with Gasteiger partial charge < -0.3 is 19.8 Å². The molecule has 0 saturated carbocycles. The van der Waals surface area contributed by atoms with Gasteiger partial charge in [-0.15, -0.1) is 0 Å². The molecule has 8 nitrogen and oxygen atoms in total. The number of nitrogens with one attached hydrogen (secondary N) is 1. The van der Waals surface area contributed by atoms with Crippen LogP contribution in [0.3, 0.4) is 0 Å². The Balaban J connectivity index is 4.23. The van der Waals surface area contributed by atoms with E-state index in [1.807, 2.05) is 27.2 Å². The molecule has 1 amide bonds. The molecule has 0 saturated heterocycles. The summed E-state index contributed by atoms with van der Waals surface area (Å²) in [5.74, 6) is -0.181. The van der Waals surface area contributed by atoms with Crippen LogP contribution in [0.15, 0.2) is 24.3 Å². The minimum atomic E-state index is -4.35. The molecule has 0 bridgehead atoms. The summed E-state index contributed by atoms with van der Waals surface area (Å²) < 4.78 is 23.7. The number of rotatable bonds is 51. The van der Waals surface area contributed by atoms with Crippen molar-refractivity contribution in [3.63, 3.8) is 0 Å². The molecule has 64 heavy (non-hydrogen) atoms. The molecule has 3 N–H and O–H groups in total. The van der Waals surface area contributed by atoms with E-state index in [-0.39, 0.29) is 19.1 Å². The largest absolute Gasteiger partial charge is 0.472 e. The van der Waals surface area contributed by atoms with E-state index in [0.29, 0.717) is 17.4 Å². The molecular formula is C55H110N2O6P+. The van der Waals surface area contributed by atoms with Gasteiger partial charge in [-0.1, -0.05) is 256 Å². The second-order valence-corrected chi connectivity index (χ2v) is 21.8. The maximum absolute atomic E-state index is 13.0. The van der Waals surface area contributed by atoms with Crippen LogP contribution in [0.1, 0.15) is 271 Å². The fourth-order valence-electron chi connectivity index (χ4n) is 8.30. The Morgan fingerprint density at radius 1 is 0.516 bits per heavy atom. The van der Waals surface area contributed by atoms with Gasteiger partial charge >= 0.3 is 7.82 Å². The predicted molar refractivity (Wildman–Crippen MR) is 277 cm³/mol. The minimum Gasteiger partial charge on any atom is -0.387 e. The number of carbonyl (C=O) groups is 1. The second kappa shape index (κ2) is 47.1. The highest BCUT2D eigenvalue weighted by atomic mass is 31.2. The first-order valence-electron chi connectivity index (χ1n) is 27.7. The summed E-state index contributed by atoms with van der Waals surface area (Å²) in [5.41, 5.74) is 0. The van der Waals surface area contributed by atoms with Crippen molar-refractivity contribution in [2.45, 2.75) is 283 Å². The molecule has 0 spiro atoms. The first-order chi connectivity index (χ1) is 31.0. The fraction of sp³-hybridized carbons (Fsp3) is 0.909. The lowest BCUT2D eigenvalue weighted by molar-refractivity contribution is -0.870. The third kappa shape index (κ3) is 48.9. The molecule has 0 aromatic heterocycles. The van der Waals surface area contributed by atoms with E-state index in [2.05, 4.69) is 31.3 Å². The number of nitrogens with zero attached hydrogens (tertiary/aromatic N) is 1. The van der Waals surface area contributed by atoms with Gasteiger partial charge in [0.15, 0.2) is 0 Å². The highest BCUT2D eigenvalue weighted by molar-refractivity contribution is 7.47. The van der Waals surface area contributed by atoms with Crippen LogP contribution in [0.2, 0.25) is 0 Å². The Hall–Kier alpha value is -1.02. The maximum Gasteiger partial charge on any atom is 0.472 e. The zero-order valence-electron chi connectivity index (χ0n) is 43.3. The average molecular weight is 926 g/mol. The number of aliphatic hydroxyl groups excluding tert-OH is 1. The van der Waals surface area contributed by atoms with Gasteiger partial charge in [-0.3, -0.25) is 13.8 Å². The summed E-state index contributed by atoms with van der Waals surface area (Å²) in [6, 6.07) is -0.859. The SMILES string of the molecule is CCCCCCCCCCCCCC/C=C/CC/C=C/C(O)C(COP(=O)(O)OCC[N+](C)(C)C)NC(=O)CCCCCCCCCCCCCCCCCCCCCCCCCC. The van der Waals surface area contributed by atoms with Gasteiger partial charge in [-0.05, 0) is 32.1 Å². The smallest absolute Gasteiger partial charge is 0.387 e. The normalized spacial score (nSPS) is 14.2. The van der Waals surface area contributed by atoms with Crippen molar-refractivity contribution in [1.82, 2.24) is 5.32 Å². The van der Waals surface area contributed by atoms with Crippen LogP contribution in [0.25, 0.3) is 0 Å². The Bertz CT molecular complexity index is 1090. The maximum atomic E-state index is 13.0. The topological polar surface area (TPSA) is 105 Å². The summed E-state index contributed by atoms with van der Waals surface area (Å²) in [6.45, 7) is 4.83. The van der Waals surface area contributed by atoms with Gasteiger partial charge in [-0.2, -0.15) is 0 Å². The van der Waals surface area contributed by atoms with E-state index in [1.54, 1.807) is 6.08 Å². The number of phosphoric acid groups is 1.